The number of carbonyl (C=O) groups is 7. The van der Waals surface area contributed by atoms with Crippen LogP contribution in [0.1, 0.15) is 367 Å². The van der Waals surface area contributed by atoms with Gasteiger partial charge in [0.1, 0.15) is 13.2 Å². The van der Waals surface area contributed by atoms with Crippen molar-refractivity contribution >= 4 is 42.0 Å². The summed E-state index contributed by atoms with van der Waals surface area (Å²) in [4.78, 5) is 88.4. The van der Waals surface area contributed by atoms with Crippen LogP contribution in [-0.2, 0) is 71.4 Å². The Kier molecular flexibility index (Phi) is 46.0. The third kappa shape index (κ3) is 38.9. The predicted octanol–water partition coefficient (Wildman–Crippen LogP) is 21.9. The molecule has 0 spiro atoms. The lowest BCUT2D eigenvalue weighted by molar-refractivity contribution is -0.160. The molecule has 6 aliphatic carbocycles. The highest BCUT2D eigenvalue weighted by atomic mass is 16.7. The average molecular weight is 1470 g/mol. The quantitative estimate of drug-likeness (QED) is 0.0316. The lowest BCUT2D eigenvalue weighted by Crippen LogP contribution is -2.39. The minimum absolute atomic E-state index is 0.0783. The minimum atomic E-state index is -0.634. The van der Waals surface area contributed by atoms with Gasteiger partial charge in [-0.25, -0.2) is 4.79 Å². The molecule has 0 N–H and O–H groups in total. The van der Waals surface area contributed by atoms with Crippen molar-refractivity contribution in [2.45, 2.75) is 367 Å². The molecule has 6 fully saturated rings. The molecule has 6 aliphatic rings. The van der Waals surface area contributed by atoms with Crippen molar-refractivity contribution in [3.63, 3.8) is 0 Å². The largest absolute Gasteiger partial charge is 0.508 e. The predicted molar refractivity (Wildman–Crippen MR) is 410 cm³/mol. The van der Waals surface area contributed by atoms with Gasteiger partial charge in [0.15, 0.2) is 0 Å². The highest BCUT2D eigenvalue weighted by Gasteiger charge is 2.37. The number of esters is 6. The van der Waals surface area contributed by atoms with E-state index in [9.17, 15) is 33.6 Å². The van der Waals surface area contributed by atoms with E-state index >= 15 is 0 Å². The van der Waals surface area contributed by atoms with Crippen LogP contribution in [0.25, 0.3) is 0 Å². The van der Waals surface area contributed by atoms with Crippen LogP contribution in [0.15, 0.2) is 0 Å². The van der Waals surface area contributed by atoms with E-state index in [1.165, 1.54) is 155 Å². The second-order valence-corrected chi connectivity index (χ2v) is 34.6. The summed E-state index contributed by atoms with van der Waals surface area (Å²) in [5.41, 5.74) is -0.599. The number of unbranched alkanes of at least 4 members (excludes halogenated alkanes) is 13. The highest BCUT2D eigenvalue weighted by molar-refractivity contribution is 5.71. The van der Waals surface area contributed by atoms with Gasteiger partial charge in [-0.3, -0.25) is 28.8 Å². The third-order valence-corrected chi connectivity index (χ3v) is 26.1. The Balaban J connectivity index is 0.758. The zero-order valence-corrected chi connectivity index (χ0v) is 66.9. The van der Waals surface area contributed by atoms with Gasteiger partial charge in [-0.1, -0.05) is 168 Å². The summed E-state index contributed by atoms with van der Waals surface area (Å²) in [5, 5.41) is 0. The van der Waals surface area contributed by atoms with Crippen molar-refractivity contribution < 1.29 is 76.2 Å². The first-order valence-corrected chi connectivity index (χ1v) is 43.8. The maximum absolute atomic E-state index is 13.8. The van der Waals surface area contributed by atoms with Gasteiger partial charge in [0.05, 0.1) is 52.7 Å². The van der Waals surface area contributed by atoms with E-state index in [0.29, 0.717) is 144 Å². The van der Waals surface area contributed by atoms with Crippen LogP contribution < -0.4 is 0 Å². The molecule has 0 aromatic heterocycles. The van der Waals surface area contributed by atoms with E-state index in [-0.39, 0.29) is 49.0 Å². The second kappa shape index (κ2) is 53.8. The minimum Gasteiger partial charge on any atom is -0.469 e. The van der Waals surface area contributed by atoms with Crippen LogP contribution in [0.4, 0.5) is 4.79 Å². The fourth-order valence-electron chi connectivity index (χ4n) is 18.9. The molecule has 104 heavy (non-hydrogen) atoms. The molecule has 0 aromatic carbocycles. The molecule has 6 saturated carbocycles. The van der Waals surface area contributed by atoms with E-state index in [0.717, 1.165) is 178 Å². The summed E-state index contributed by atoms with van der Waals surface area (Å²) >= 11 is 0. The fraction of sp³-hybridized carbons (Fsp3) is 0.920. The fourth-order valence-corrected chi connectivity index (χ4v) is 18.9. The Hall–Kier alpha value is -3.95. The van der Waals surface area contributed by atoms with Gasteiger partial charge in [-0.15, -0.1) is 0 Å². The molecule has 0 aliphatic heterocycles. The number of carbonyl (C=O) groups excluding carboxylic acids is 7. The molecule has 0 amide bonds. The number of ether oxygens (including phenoxy) is 9. The van der Waals surface area contributed by atoms with Gasteiger partial charge in [-0.2, -0.15) is 0 Å². The van der Waals surface area contributed by atoms with E-state index < -0.39 is 11.6 Å². The second-order valence-electron chi connectivity index (χ2n) is 34.6. The molecule has 600 valence electrons. The summed E-state index contributed by atoms with van der Waals surface area (Å²) in [6.07, 6.45) is 55.9. The topological polar surface area (TPSA) is 203 Å². The highest BCUT2D eigenvalue weighted by Crippen LogP contribution is 2.44. The molecule has 0 saturated heterocycles. The molecular formula is C88H152O16. The average Bonchev–Trinajstić information content (AvgIpc) is 0.876. The Morgan fingerprint density at radius 3 is 0.837 bits per heavy atom. The smallest absolute Gasteiger partial charge is 0.469 e. The summed E-state index contributed by atoms with van der Waals surface area (Å²) in [6, 6.07) is 0. The standard InChI is InChI=1S/C88H152O16/c1-6-9-11-13-19-25-68(24-18-12-10-7-2)50-55-98-65-88(8-3,66-103-85(93)63-79-46-34-73(35-47-79)57-70-28-40-76(41-29-70)60-82(90)97-5)67-104-86(94)64-80-48-36-74(37-49-80)58-72-32-44-78(45-33-72)62-84(92)100-52-21-15-17-23-54-102-87(95)101-53-22-16-14-20-51-99-83(91)61-77-42-30-71(31-43-77)56-69-26-38-75(39-27-69)59-81(89)96-4/h68-80H,6-67H2,1-5H3. The summed E-state index contributed by atoms with van der Waals surface area (Å²) < 4.78 is 50.6. The lowest BCUT2D eigenvalue weighted by atomic mass is 9.72. The van der Waals surface area contributed by atoms with Crippen molar-refractivity contribution in [1.82, 2.24) is 0 Å². The van der Waals surface area contributed by atoms with Crippen molar-refractivity contribution in [3.8, 4) is 0 Å². The Morgan fingerprint density at radius 1 is 0.279 bits per heavy atom. The monoisotopic (exact) mass is 1470 g/mol. The van der Waals surface area contributed by atoms with Gasteiger partial charge in [0.2, 0.25) is 0 Å². The van der Waals surface area contributed by atoms with Crippen LogP contribution in [0.2, 0.25) is 0 Å². The maximum Gasteiger partial charge on any atom is 0.508 e. The summed E-state index contributed by atoms with van der Waals surface area (Å²) in [5.74, 6) is 6.82. The lowest BCUT2D eigenvalue weighted by Gasteiger charge is -2.34. The Labute approximate surface area is 632 Å². The number of methoxy groups -OCH3 is 2. The van der Waals surface area contributed by atoms with E-state index in [1.807, 2.05) is 0 Å². The first kappa shape index (κ1) is 88.9. The number of hydrogen-bond donors (Lipinski definition) is 0. The van der Waals surface area contributed by atoms with Gasteiger partial charge < -0.3 is 42.6 Å². The van der Waals surface area contributed by atoms with Crippen LogP contribution >= 0.6 is 0 Å². The van der Waals surface area contributed by atoms with Gasteiger partial charge in [0.25, 0.3) is 0 Å². The maximum atomic E-state index is 13.8. The van der Waals surface area contributed by atoms with Crippen LogP contribution in [0.5, 0.6) is 0 Å². The van der Waals surface area contributed by atoms with Gasteiger partial charge in [-0.05, 0) is 237 Å². The van der Waals surface area contributed by atoms with Crippen molar-refractivity contribution in [2.75, 3.05) is 67.1 Å². The van der Waals surface area contributed by atoms with Crippen LogP contribution in [-0.4, -0.2) is 109 Å². The zero-order valence-electron chi connectivity index (χ0n) is 66.9. The Bertz CT molecular complexity index is 2300. The molecular weight excluding hydrogens is 1310 g/mol. The molecule has 2 atom stereocenters. The zero-order chi connectivity index (χ0) is 74.3. The molecule has 0 heterocycles. The van der Waals surface area contributed by atoms with E-state index in [2.05, 4.69) is 20.8 Å². The molecule has 0 aromatic rings. The summed E-state index contributed by atoms with van der Waals surface area (Å²) in [6.45, 7) is 9.61. The molecule has 16 nitrogen and oxygen atoms in total. The van der Waals surface area contributed by atoms with Gasteiger partial charge in [0, 0.05) is 45.1 Å². The molecule has 0 radical (unpaired) electrons. The van der Waals surface area contributed by atoms with Crippen molar-refractivity contribution in [1.29, 1.82) is 0 Å². The normalized spacial score (nSPS) is 26.0. The van der Waals surface area contributed by atoms with Crippen molar-refractivity contribution in [2.24, 2.45) is 82.3 Å². The number of hydrogen-bond acceptors (Lipinski definition) is 16. The molecule has 2 unspecified atom stereocenters. The molecule has 16 heteroatoms. The van der Waals surface area contributed by atoms with E-state index in [4.69, 9.17) is 42.6 Å². The van der Waals surface area contributed by atoms with Crippen molar-refractivity contribution in [3.05, 3.63) is 0 Å². The van der Waals surface area contributed by atoms with Gasteiger partial charge >= 0.3 is 42.0 Å². The first-order chi connectivity index (χ1) is 50.6. The van der Waals surface area contributed by atoms with Crippen LogP contribution in [0, 0.1) is 82.3 Å². The Morgan fingerprint density at radius 2 is 0.538 bits per heavy atom. The third-order valence-electron chi connectivity index (χ3n) is 26.1. The number of rotatable bonds is 53. The molecule has 0 bridgehead atoms. The summed E-state index contributed by atoms with van der Waals surface area (Å²) in [7, 11) is 2.96. The van der Waals surface area contributed by atoms with E-state index in [1.54, 1.807) is 0 Å². The van der Waals surface area contributed by atoms with Crippen LogP contribution in [0.3, 0.4) is 0 Å². The molecule has 6 rings (SSSR count). The first-order valence-electron chi connectivity index (χ1n) is 43.8. The SMILES string of the molecule is CCCCCCCC(CCCCCC)CCOCC(CC)(COC(=O)CC1CCC(CC2CCC(CC(=O)OC)CC2)CC1)COC(=O)CC1CCC(CC2CCC(CC(=O)OCCCCCCOC(=O)OCCCCCCOC(=O)CC3CCC(CC4CCC(CC(=O)OC)CC4)CC3)CC2)CC1.